The Morgan fingerprint density at radius 3 is 1.67 bits per heavy atom. The van der Waals surface area contributed by atoms with E-state index in [0.29, 0.717) is 0 Å². The Morgan fingerprint density at radius 2 is 1.50 bits per heavy atom. The van der Waals surface area contributed by atoms with Crippen molar-refractivity contribution in [3.8, 4) is 0 Å². The Morgan fingerprint density at radius 1 is 1.00 bits per heavy atom. The lowest BCUT2D eigenvalue weighted by atomic mass is 10.7. The van der Waals surface area contributed by atoms with E-state index in [2.05, 4.69) is 23.7 Å². The maximum atomic E-state index is 2.15. The van der Waals surface area contributed by atoms with Crippen molar-refractivity contribution in [2.24, 2.45) is 0 Å². The molecule has 0 spiro atoms. The second-order valence-corrected chi connectivity index (χ2v) is 1.88. The maximum Gasteiger partial charge on any atom is 0 e. The lowest BCUT2D eigenvalue weighted by Crippen LogP contribution is -1.16. The van der Waals surface area contributed by atoms with Crippen molar-refractivity contribution in [2.45, 2.75) is 0 Å². The van der Waals surface area contributed by atoms with Crippen molar-refractivity contribution in [3.05, 3.63) is 23.7 Å². The summed E-state index contributed by atoms with van der Waals surface area (Å²) in [5, 5.41) is 0. The van der Waals surface area contributed by atoms with Crippen LogP contribution < -0.4 is 0 Å². The highest BCUT2D eigenvalue weighted by molar-refractivity contribution is 7.28. The molecule has 0 N–H and O–H groups in total. The van der Waals surface area contributed by atoms with Crippen LogP contribution >= 0.6 is 8.19 Å². The highest BCUT2D eigenvalue weighted by Gasteiger charge is 1.57. The first-order chi connectivity index (χ1) is 2.50. The van der Waals surface area contributed by atoms with Crippen molar-refractivity contribution in [1.29, 1.82) is 0 Å². The quantitative estimate of drug-likeness (QED) is 0.473. The minimum Gasteiger partial charge on any atom is -0.140 e. The molecule has 1 aromatic heterocycles. The van der Waals surface area contributed by atoms with Crippen LogP contribution in [0.3, 0.4) is 0 Å². The van der Waals surface area contributed by atoms with E-state index in [4.69, 9.17) is 0 Å². The molecule has 0 fully saturated rings. The molecule has 0 amide bonds. The number of rotatable bonds is 0. The average Bonchev–Trinajstić information content (AvgIpc) is 1.76. The van der Waals surface area contributed by atoms with Gasteiger partial charge in [0.1, 0.15) is 0 Å². The standard InChI is InChI=1S/C4H5P.O/c1-2-4-5-3-1;/h1-5H;. The van der Waals surface area contributed by atoms with Crippen LogP contribution in [0.4, 0.5) is 0 Å². The summed E-state index contributed by atoms with van der Waals surface area (Å²) in [5.41, 5.74) is 0. The van der Waals surface area contributed by atoms with Gasteiger partial charge in [0.25, 0.3) is 0 Å². The van der Waals surface area contributed by atoms with Gasteiger partial charge < -0.3 is 0 Å². The van der Waals surface area contributed by atoms with Gasteiger partial charge in [-0.2, -0.15) is 0 Å². The Bertz CT molecular complexity index is 64.0. The SMILES string of the molecule is [O].c1cc[pH]c1. The van der Waals surface area contributed by atoms with E-state index < -0.39 is 0 Å². The Balaban J connectivity index is 0.000000250. The molecule has 32 valence electrons. The summed E-state index contributed by atoms with van der Waals surface area (Å²) in [5.74, 6) is 4.31. The summed E-state index contributed by atoms with van der Waals surface area (Å²) in [7, 11) is 0.948. The molecule has 0 bridgehead atoms. The third kappa shape index (κ3) is 1.25. The Labute approximate surface area is 38.4 Å². The van der Waals surface area contributed by atoms with Gasteiger partial charge in [0.2, 0.25) is 0 Å². The van der Waals surface area contributed by atoms with Crippen LogP contribution in [-0.2, 0) is 5.48 Å². The fraction of sp³-hybridized carbons (Fsp3) is 0. The van der Waals surface area contributed by atoms with Crippen LogP contribution in [0, 0.1) is 0 Å². The first-order valence-electron chi connectivity index (χ1n) is 1.58. The van der Waals surface area contributed by atoms with Crippen molar-refractivity contribution >= 4 is 8.19 Å². The van der Waals surface area contributed by atoms with E-state index in [-0.39, 0.29) is 5.48 Å². The molecule has 1 rings (SSSR count). The lowest BCUT2D eigenvalue weighted by molar-refractivity contribution is 0.686. The minimum atomic E-state index is 0. The number of hydrogen-bond acceptors (Lipinski definition) is 0. The number of hydrogen-bond donors (Lipinski definition) is 0. The predicted molar refractivity (Wildman–Crippen MR) is 26.6 cm³/mol. The second kappa shape index (κ2) is 2.95. The van der Waals surface area contributed by atoms with Gasteiger partial charge in [0.15, 0.2) is 0 Å². The lowest BCUT2D eigenvalue weighted by Gasteiger charge is -1.41. The zero-order valence-corrected chi connectivity index (χ0v) is 4.22. The van der Waals surface area contributed by atoms with E-state index in [1.165, 1.54) is 0 Å². The molecular formula is C4H5OP. The van der Waals surface area contributed by atoms with E-state index in [9.17, 15) is 0 Å². The summed E-state index contributed by atoms with van der Waals surface area (Å²) in [6.07, 6.45) is 0. The van der Waals surface area contributed by atoms with Gasteiger partial charge in [-0.05, 0) is 11.6 Å². The molecule has 0 unspecified atom stereocenters. The third-order valence-corrected chi connectivity index (χ3v) is 1.27. The first kappa shape index (κ1) is 5.74. The molecule has 1 heterocycles. The summed E-state index contributed by atoms with van der Waals surface area (Å²) < 4.78 is 0. The molecule has 0 saturated heterocycles. The van der Waals surface area contributed by atoms with E-state index in [1.54, 1.807) is 0 Å². The fourth-order valence-electron chi connectivity index (χ4n) is 0.278. The molecular weight excluding hydrogens is 95.0 g/mol. The van der Waals surface area contributed by atoms with E-state index >= 15 is 0 Å². The van der Waals surface area contributed by atoms with Gasteiger partial charge in [0, 0.05) is 5.48 Å². The Kier molecular flexibility index (Phi) is 2.82. The normalized spacial score (nSPS) is 6.67. The molecule has 0 saturated carbocycles. The van der Waals surface area contributed by atoms with E-state index in [1.807, 2.05) is 0 Å². The highest BCUT2D eigenvalue weighted by atomic mass is 31.0. The zero-order chi connectivity index (χ0) is 3.54. The average molecular weight is 100 g/mol. The van der Waals surface area contributed by atoms with E-state index in [0.717, 1.165) is 8.19 Å². The molecule has 2 heteroatoms. The van der Waals surface area contributed by atoms with Crippen LogP contribution in [-0.4, -0.2) is 0 Å². The van der Waals surface area contributed by atoms with Gasteiger partial charge in [-0.15, -0.1) is 8.19 Å². The minimum absolute atomic E-state index is 0. The summed E-state index contributed by atoms with van der Waals surface area (Å²) in [6, 6.07) is 4.14. The molecule has 6 heavy (non-hydrogen) atoms. The highest BCUT2D eigenvalue weighted by Crippen LogP contribution is 1.99. The topological polar surface area (TPSA) is 28.5 Å². The van der Waals surface area contributed by atoms with Gasteiger partial charge in [0.05, 0.1) is 0 Å². The van der Waals surface area contributed by atoms with Crippen LogP contribution in [0.15, 0.2) is 23.7 Å². The molecule has 1 aromatic rings. The van der Waals surface area contributed by atoms with Crippen molar-refractivity contribution in [2.75, 3.05) is 0 Å². The van der Waals surface area contributed by atoms with Crippen molar-refractivity contribution in [1.82, 2.24) is 0 Å². The second-order valence-electron chi connectivity index (χ2n) is 0.885. The summed E-state index contributed by atoms with van der Waals surface area (Å²) in [4.78, 5) is 0. The maximum absolute atomic E-state index is 2.15. The van der Waals surface area contributed by atoms with Crippen LogP contribution in [0.25, 0.3) is 0 Å². The summed E-state index contributed by atoms with van der Waals surface area (Å²) >= 11 is 0. The predicted octanol–water partition coefficient (Wildman–Crippen LogP) is 1.60. The molecule has 0 aliphatic heterocycles. The van der Waals surface area contributed by atoms with Crippen LogP contribution in [0.5, 0.6) is 0 Å². The molecule has 0 aliphatic rings. The third-order valence-electron chi connectivity index (χ3n) is 0.496. The Hall–Kier alpha value is -0.260. The van der Waals surface area contributed by atoms with Crippen LogP contribution in [0.1, 0.15) is 0 Å². The van der Waals surface area contributed by atoms with Gasteiger partial charge in [-0.25, -0.2) is 0 Å². The molecule has 0 aliphatic carbocycles. The first-order valence-corrected chi connectivity index (χ1v) is 2.73. The van der Waals surface area contributed by atoms with Gasteiger partial charge in [-0.1, -0.05) is 12.1 Å². The smallest absolute Gasteiger partial charge is 0 e. The monoisotopic (exact) mass is 100 g/mol. The van der Waals surface area contributed by atoms with Gasteiger partial charge in [-0.3, -0.25) is 0 Å². The zero-order valence-electron chi connectivity index (χ0n) is 3.22. The van der Waals surface area contributed by atoms with Crippen LogP contribution in [0.2, 0.25) is 0 Å². The van der Waals surface area contributed by atoms with Crippen molar-refractivity contribution in [3.63, 3.8) is 0 Å². The van der Waals surface area contributed by atoms with Gasteiger partial charge >= 0.3 is 0 Å². The molecule has 1 nitrogen and oxygen atoms in total. The van der Waals surface area contributed by atoms with Crippen molar-refractivity contribution < 1.29 is 5.48 Å². The molecule has 0 atom stereocenters. The summed E-state index contributed by atoms with van der Waals surface area (Å²) in [6.45, 7) is 0. The molecule has 0 aromatic carbocycles. The fourth-order valence-corrected chi connectivity index (χ4v) is 0.833. The largest absolute Gasteiger partial charge is 0.140 e. The molecule has 2 radical (unpaired) electrons.